The standard InChI is InChI=1S/C16H17NO5S2/c1-9-6-13-14(21-8-20-13)7-12(9)10(2)15(18)11-4-5-23-16(11)24(19)22-17-3/h4-7,10,17H,8H2,1-3H3. The number of ketones is 1. The Bertz CT molecular complexity index is 802. The molecule has 0 fully saturated rings. The van der Waals surface area contributed by atoms with E-state index in [1.54, 1.807) is 11.4 Å². The van der Waals surface area contributed by atoms with Crippen LogP contribution in [0.25, 0.3) is 0 Å². The SMILES string of the molecule is CNOS(=O)c1sccc1C(=O)C(C)c1cc2c(cc1C)OCO2. The number of thiophene rings is 1. The summed E-state index contributed by atoms with van der Waals surface area (Å²) in [6, 6.07) is 5.39. The number of ether oxygens (including phenoxy) is 2. The van der Waals surface area contributed by atoms with Crippen LogP contribution < -0.4 is 15.0 Å². The highest BCUT2D eigenvalue weighted by Gasteiger charge is 2.27. The van der Waals surface area contributed by atoms with Gasteiger partial charge >= 0.3 is 0 Å². The predicted octanol–water partition coefficient (Wildman–Crippen LogP) is 2.95. The van der Waals surface area contributed by atoms with Crippen LogP contribution in [-0.2, 0) is 15.4 Å². The number of hydrogen-bond donors (Lipinski definition) is 1. The zero-order chi connectivity index (χ0) is 17.3. The van der Waals surface area contributed by atoms with E-state index in [1.165, 1.54) is 18.4 Å². The average Bonchev–Trinajstić information content (AvgIpc) is 3.21. The van der Waals surface area contributed by atoms with Gasteiger partial charge in [-0.3, -0.25) is 4.79 Å². The molecule has 2 aromatic rings. The van der Waals surface area contributed by atoms with Gasteiger partial charge in [0.1, 0.15) is 4.21 Å². The van der Waals surface area contributed by atoms with E-state index in [2.05, 4.69) is 5.48 Å². The van der Waals surface area contributed by atoms with Crippen LogP contribution in [0.3, 0.4) is 0 Å². The molecule has 1 aliphatic rings. The normalized spacial score (nSPS) is 15.3. The van der Waals surface area contributed by atoms with E-state index in [4.69, 9.17) is 13.8 Å². The van der Waals surface area contributed by atoms with Gasteiger partial charge in [-0.2, -0.15) is 9.76 Å². The first kappa shape index (κ1) is 17.1. The van der Waals surface area contributed by atoms with E-state index in [-0.39, 0.29) is 12.6 Å². The van der Waals surface area contributed by atoms with Crippen molar-refractivity contribution >= 4 is 28.2 Å². The Hall–Kier alpha value is -1.74. The number of hydroxylamine groups is 1. The number of carbonyl (C=O) groups excluding carboxylic acids is 1. The summed E-state index contributed by atoms with van der Waals surface area (Å²) in [6.07, 6.45) is 0. The summed E-state index contributed by atoms with van der Waals surface area (Å²) in [7, 11) is 1.52. The molecule has 0 saturated heterocycles. The number of benzene rings is 1. The molecule has 2 atom stereocenters. The van der Waals surface area contributed by atoms with Crippen molar-refractivity contribution in [2.45, 2.75) is 24.0 Å². The van der Waals surface area contributed by atoms with E-state index < -0.39 is 17.0 Å². The monoisotopic (exact) mass is 367 g/mol. The lowest BCUT2D eigenvalue weighted by atomic mass is 9.90. The molecule has 8 heteroatoms. The third-order valence-electron chi connectivity index (χ3n) is 3.83. The van der Waals surface area contributed by atoms with Crippen LogP contribution >= 0.6 is 11.3 Å². The Kier molecular flexibility index (Phi) is 5.00. The predicted molar refractivity (Wildman–Crippen MR) is 90.9 cm³/mol. The van der Waals surface area contributed by atoms with Crippen molar-refractivity contribution in [3.63, 3.8) is 0 Å². The van der Waals surface area contributed by atoms with Gasteiger partial charge in [0.2, 0.25) is 17.9 Å². The van der Waals surface area contributed by atoms with Gasteiger partial charge < -0.3 is 9.47 Å². The van der Waals surface area contributed by atoms with Crippen molar-refractivity contribution in [3.8, 4) is 11.5 Å². The van der Waals surface area contributed by atoms with Crippen molar-refractivity contribution in [1.29, 1.82) is 0 Å². The summed E-state index contributed by atoms with van der Waals surface area (Å²) in [5.74, 6) is 0.819. The molecule has 24 heavy (non-hydrogen) atoms. The maximum Gasteiger partial charge on any atom is 0.231 e. The van der Waals surface area contributed by atoms with Crippen molar-refractivity contribution in [1.82, 2.24) is 5.48 Å². The lowest BCUT2D eigenvalue weighted by Crippen LogP contribution is -2.15. The molecule has 128 valence electrons. The first-order valence-electron chi connectivity index (χ1n) is 7.30. The van der Waals surface area contributed by atoms with Gasteiger partial charge in [-0.15, -0.1) is 11.3 Å². The minimum Gasteiger partial charge on any atom is -0.454 e. The van der Waals surface area contributed by atoms with Gasteiger partial charge in [-0.05, 0) is 41.6 Å². The number of nitrogens with one attached hydrogen (secondary N) is 1. The fourth-order valence-electron chi connectivity index (χ4n) is 2.62. The highest BCUT2D eigenvalue weighted by molar-refractivity contribution is 7.82. The van der Waals surface area contributed by atoms with Crippen molar-refractivity contribution < 1.29 is 22.8 Å². The number of Topliss-reactive ketones (excluding diaryl/α,β-unsaturated/α-hetero) is 1. The molecule has 2 heterocycles. The fraction of sp³-hybridized carbons (Fsp3) is 0.312. The van der Waals surface area contributed by atoms with Crippen LogP contribution in [0.15, 0.2) is 27.8 Å². The van der Waals surface area contributed by atoms with Crippen molar-refractivity contribution in [3.05, 3.63) is 40.3 Å². The second-order valence-corrected chi connectivity index (χ2v) is 7.51. The molecule has 0 amide bonds. The van der Waals surface area contributed by atoms with Crippen LogP contribution in [0.1, 0.15) is 34.3 Å². The van der Waals surface area contributed by atoms with Crippen LogP contribution in [0, 0.1) is 6.92 Å². The largest absolute Gasteiger partial charge is 0.454 e. The Balaban J connectivity index is 1.91. The zero-order valence-corrected chi connectivity index (χ0v) is 15.1. The minimum absolute atomic E-state index is 0.110. The smallest absolute Gasteiger partial charge is 0.231 e. The molecule has 1 aliphatic heterocycles. The van der Waals surface area contributed by atoms with Gasteiger partial charge in [-0.1, -0.05) is 6.92 Å². The Morgan fingerprint density at radius 1 is 1.38 bits per heavy atom. The molecule has 2 unspecified atom stereocenters. The summed E-state index contributed by atoms with van der Waals surface area (Å²) in [6.45, 7) is 3.95. The second kappa shape index (κ2) is 7.02. The molecule has 0 saturated carbocycles. The first-order chi connectivity index (χ1) is 11.5. The van der Waals surface area contributed by atoms with Gasteiger partial charge in [0.05, 0.1) is 0 Å². The van der Waals surface area contributed by atoms with Gasteiger partial charge in [-0.25, -0.2) is 4.21 Å². The van der Waals surface area contributed by atoms with Crippen molar-refractivity contribution in [2.24, 2.45) is 0 Å². The molecule has 0 bridgehead atoms. The highest BCUT2D eigenvalue weighted by atomic mass is 32.2. The van der Waals surface area contributed by atoms with Gasteiger partial charge in [0.25, 0.3) is 0 Å². The van der Waals surface area contributed by atoms with Crippen LogP contribution in [-0.4, -0.2) is 23.8 Å². The summed E-state index contributed by atoms with van der Waals surface area (Å²) in [4.78, 5) is 12.9. The zero-order valence-electron chi connectivity index (χ0n) is 13.5. The number of carbonyl (C=O) groups is 1. The molecule has 0 aliphatic carbocycles. The third kappa shape index (κ3) is 3.10. The molecular formula is C16H17NO5S2. The van der Waals surface area contributed by atoms with Crippen LogP contribution in [0.2, 0.25) is 0 Å². The van der Waals surface area contributed by atoms with Gasteiger partial charge in [0, 0.05) is 18.5 Å². The van der Waals surface area contributed by atoms with Crippen LogP contribution in [0.5, 0.6) is 11.5 Å². The van der Waals surface area contributed by atoms with E-state index in [0.717, 1.165) is 11.1 Å². The van der Waals surface area contributed by atoms with Crippen LogP contribution in [0.4, 0.5) is 0 Å². The lowest BCUT2D eigenvalue weighted by Gasteiger charge is -2.15. The maximum atomic E-state index is 12.9. The molecule has 1 aromatic carbocycles. The quantitative estimate of drug-likeness (QED) is 0.625. The first-order valence-corrected chi connectivity index (χ1v) is 9.26. The summed E-state index contributed by atoms with van der Waals surface area (Å²) in [5, 5.41) is 1.73. The maximum absolute atomic E-state index is 12.9. The Morgan fingerprint density at radius 3 is 2.79 bits per heavy atom. The molecular weight excluding hydrogens is 350 g/mol. The highest BCUT2D eigenvalue weighted by Crippen LogP contribution is 2.38. The molecule has 1 aromatic heterocycles. The van der Waals surface area contributed by atoms with E-state index >= 15 is 0 Å². The number of fused-ring (bicyclic) bond motifs is 1. The molecule has 3 rings (SSSR count). The number of hydrogen-bond acceptors (Lipinski definition) is 7. The Morgan fingerprint density at radius 2 is 2.08 bits per heavy atom. The summed E-state index contributed by atoms with van der Waals surface area (Å²) < 4.78 is 28.1. The number of aryl methyl sites for hydroxylation is 1. The summed E-state index contributed by atoms with van der Waals surface area (Å²) in [5.41, 5.74) is 4.61. The third-order valence-corrected chi connectivity index (χ3v) is 6.07. The molecule has 0 spiro atoms. The summed E-state index contributed by atoms with van der Waals surface area (Å²) >= 11 is -0.488. The molecule has 6 nitrogen and oxygen atoms in total. The molecule has 1 N–H and O–H groups in total. The topological polar surface area (TPSA) is 73.9 Å². The fourth-order valence-corrected chi connectivity index (χ4v) is 4.40. The van der Waals surface area contributed by atoms with Crippen molar-refractivity contribution in [2.75, 3.05) is 13.8 Å². The number of rotatable bonds is 6. The van der Waals surface area contributed by atoms with E-state index in [9.17, 15) is 9.00 Å². The van der Waals surface area contributed by atoms with Gasteiger partial charge in [0.15, 0.2) is 17.3 Å². The van der Waals surface area contributed by atoms with E-state index in [1.807, 2.05) is 26.0 Å². The lowest BCUT2D eigenvalue weighted by molar-refractivity contribution is 0.0963. The van der Waals surface area contributed by atoms with E-state index in [0.29, 0.717) is 21.3 Å². The minimum atomic E-state index is -1.72. The molecule has 0 radical (unpaired) electrons. The second-order valence-electron chi connectivity index (χ2n) is 5.29. The Labute approximate surface area is 146 Å². The average molecular weight is 367 g/mol.